The number of rotatable bonds is 5. The van der Waals surface area contributed by atoms with Gasteiger partial charge in [0.1, 0.15) is 0 Å². The van der Waals surface area contributed by atoms with E-state index in [1.807, 2.05) is 30.6 Å². The van der Waals surface area contributed by atoms with Crippen molar-refractivity contribution in [3.05, 3.63) is 0 Å². The van der Waals surface area contributed by atoms with Gasteiger partial charge in [0.2, 0.25) is 5.91 Å². The third-order valence-electron chi connectivity index (χ3n) is 2.10. The van der Waals surface area contributed by atoms with Crippen LogP contribution < -0.4 is 0 Å². The van der Waals surface area contributed by atoms with Crippen molar-refractivity contribution in [3.8, 4) is 0 Å². The molecule has 0 aliphatic rings. The van der Waals surface area contributed by atoms with E-state index in [0.29, 0.717) is 12.5 Å². The summed E-state index contributed by atoms with van der Waals surface area (Å²) < 4.78 is 0. The van der Waals surface area contributed by atoms with Crippen LogP contribution >= 0.6 is 11.8 Å². The molecule has 0 heterocycles. The second-order valence-corrected chi connectivity index (χ2v) is 3.97. The Kier molecular flexibility index (Phi) is 6.25. The summed E-state index contributed by atoms with van der Waals surface area (Å²) in [5, 5.41) is 0. The van der Waals surface area contributed by atoms with E-state index in [4.69, 9.17) is 0 Å². The van der Waals surface area contributed by atoms with Gasteiger partial charge in [0, 0.05) is 19.5 Å². The molecule has 1 amide bonds. The van der Waals surface area contributed by atoms with E-state index in [-0.39, 0.29) is 5.91 Å². The highest BCUT2D eigenvalue weighted by molar-refractivity contribution is 7.98. The molecule has 2 nitrogen and oxygen atoms in total. The van der Waals surface area contributed by atoms with Crippen LogP contribution in [0.4, 0.5) is 0 Å². The lowest BCUT2D eigenvalue weighted by molar-refractivity contribution is -0.131. The Morgan fingerprint density at radius 2 is 2.17 bits per heavy atom. The minimum Gasteiger partial charge on any atom is -0.343 e. The molecule has 0 bridgehead atoms. The maximum Gasteiger partial charge on any atom is 0.222 e. The molecule has 0 spiro atoms. The second kappa shape index (κ2) is 6.35. The highest BCUT2D eigenvalue weighted by atomic mass is 32.2. The molecule has 12 heavy (non-hydrogen) atoms. The number of hydrogen-bond donors (Lipinski definition) is 0. The molecule has 0 aliphatic heterocycles. The minimum absolute atomic E-state index is 0.239. The monoisotopic (exact) mass is 189 g/mol. The summed E-state index contributed by atoms with van der Waals surface area (Å²) in [5.74, 6) is 1.37. The summed E-state index contributed by atoms with van der Waals surface area (Å²) in [4.78, 5) is 13.1. The average Bonchev–Trinajstić information content (AvgIpc) is 2.11. The van der Waals surface area contributed by atoms with Crippen molar-refractivity contribution in [1.82, 2.24) is 4.90 Å². The molecular weight excluding hydrogens is 170 g/mol. The fourth-order valence-corrected chi connectivity index (χ4v) is 1.55. The van der Waals surface area contributed by atoms with Crippen molar-refractivity contribution in [2.75, 3.05) is 19.1 Å². The fourth-order valence-electron chi connectivity index (χ4n) is 0.977. The van der Waals surface area contributed by atoms with Crippen LogP contribution in [0.1, 0.15) is 26.7 Å². The minimum atomic E-state index is 0.239. The van der Waals surface area contributed by atoms with Gasteiger partial charge in [0.05, 0.1) is 0 Å². The quantitative estimate of drug-likeness (QED) is 0.659. The molecule has 0 fully saturated rings. The van der Waals surface area contributed by atoms with Crippen LogP contribution in [-0.2, 0) is 4.79 Å². The molecular formula is C9H19NOS. The Hall–Kier alpha value is -0.180. The third kappa shape index (κ3) is 4.00. The first kappa shape index (κ1) is 11.8. The van der Waals surface area contributed by atoms with Crippen molar-refractivity contribution in [2.24, 2.45) is 0 Å². The van der Waals surface area contributed by atoms with Gasteiger partial charge >= 0.3 is 0 Å². The first-order valence-electron chi connectivity index (χ1n) is 4.38. The number of thioether (sulfide) groups is 1. The molecule has 0 rings (SSSR count). The van der Waals surface area contributed by atoms with Gasteiger partial charge in [0.15, 0.2) is 0 Å². The maximum atomic E-state index is 11.2. The van der Waals surface area contributed by atoms with E-state index in [0.717, 1.165) is 12.2 Å². The molecule has 1 atom stereocenters. The van der Waals surface area contributed by atoms with Crippen LogP contribution in [0.15, 0.2) is 0 Å². The zero-order valence-corrected chi connectivity index (χ0v) is 9.28. The topological polar surface area (TPSA) is 20.3 Å². The number of amides is 1. The van der Waals surface area contributed by atoms with E-state index < -0.39 is 0 Å². The van der Waals surface area contributed by atoms with Crippen molar-refractivity contribution in [2.45, 2.75) is 32.7 Å². The van der Waals surface area contributed by atoms with Gasteiger partial charge in [-0.15, -0.1) is 0 Å². The van der Waals surface area contributed by atoms with E-state index in [9.17, 15) is 4.79 Å². The molecule has 72 valence electrons. The Morgan fingerprint density at radius 3 is 2.58 bits per heavy atom. The summed E-state index contributed by atoms with van der Waals surface area (Å²) in [6, 6.07) is 0.380. The van der Waals surface area contributed by atoms with Crippen molar-refractivity contribution in [1.29, 1.82) is 0 Å². The van der Waals surface area contributed by atoms with Crippen molar-refractivity contribution < 1.29 is 4.79 Å². The molecule has 0 aromatic rings. The van der Waals surface area contributed by atoms with Gasteiger partial charge in [-0.25, -0.2) is 0 Å². The molecule has 0 saturated heterocycles. The molecule has 0 N–H and O–H groups in total. The van der Waals surface area contributed by atoms with Gasteiger partial charge in [-0.2, -0.15) is 11.8 Å². The van der Waals surface area contributed by atoms with Gasteiger partial charge in [-0.05, 0) is 25.4 Å². The van der Waals surface area contributed by atoms with Crippen LogP contribution in [0.2, 0.25) is 0 Å². The van der Waals surface area contributed by atoms with Gasteiger partial charge in [-0.3, -0.25) is 4.79 Å². The van der Waals surface area contributed by atoms with Gasteiger partial charge in [-0.1, -0.05) is 6.92 Å². The molecule has 3 heteroatoms. The largest absolute Gasteiger partial charge is 0.343 e. The zero-order valence-electron chi connectivity index (χ0n) is 8.46. The average molecular weight is 189 g/mol. The standard InChI is InChI=1S/C9H19NOS/c1-5-9(11)10(3)8(2)6-7-12-4/h8H,5-7H2,1-4H3. The Balaban J connectivity index is 3.75. The van der Waals surface area contributed by atoms with E-state index in [1.54, 1.807) is 0 Å². The zero-order chi connectivity index (χ0) is 9.56. The predicted molar refractivity (Wildman–Crippen MR) is 55.5 cm³/mol. The number of carbonyl (C=O) groups is 1. The molecule has 0 saturated carbocycles. The Labute approximate surface area is 79.7 Å². The fraction of sp³-hybridized carbons (Fsp3) is 0.889. The van der Waals surface area contributed by atoms with E-state index in [1.165, 1.54) is 0 Å². The first-order chi connectivity index (χ1) is 5.63. The molecule has 0 aromatic heterocycles. The van der Waals surface area contributed by atoms with Gasteiger partial charge < -0.3 is 4.90 Å². The number of hydrogen-bond acceptors (Lipinski definition) is 2. The number of nitrogens with zero attached hydrogens (tertiary/aromatic N) is 1. The van der Waals surface area contributed by atoms with Crippen LogP contribution in [0.5, 0.6) is 0 Å². The summed E-state index contributed by atoms with van der Waals surface area (Å²) in [6.07, 6.45) is 3.79. The van der Waals surface area contributed by atoms with Crippen LogP contribution in [0, 0.1) is 0 Å². The summed E-state index contributed by atoms with van der Waals surface area (Å²) in [7, 11) is 1.89. The smallest absolute Gasteiger partial charge is 0.222 e. The lowest BCUT2D eigenvalue weighted by Gasteiger charge is -2.24. The summed E-state index contributed by atoms with van der Waals surface area (Å²) in [5.41, 5.74) is 0. The highest BCUT2D eigenvalue weighted by Crippen LogP contribution is 2.06. The third-order valence-corrected chi connectivity index (χ3v) is 2.74. The normalized spacial score (nSPS) is 12.7. The number of carbonyl (C=O) groups excluding carboxylic acids is 1. The summed E-state index contributed by atoms with van der Waals surface area (Å²) >= 11 is 1.83. The second-order valence-electron chi connectivity index (χ2n) is 2.99. The van der Waals surface area contributed by atoms with Crippen molar-refractivity contribution in [3.63, 3.8) is 0 Å². The lowest BCUT2D eigenvalue weighted by atomic mass is 10.2. The lowest BCUT2D eigenvalue weighted by Crippen LogP contribution is -2.34. The molecule has 0 aliphatic carbocycles. The molecule has 0 radical (unpaired) electrons. The predicted octanol–water partition coefficient (Wildman–Crippen LogP) is 2.00. The van der Waals surface area contributed by atoms with Crippen molar-refractivity contribution >= 4 is 17.7 Å². The maximum absolute atomic E-state index is 11.2. The van der Waals surface area contributed by atoms with E-state index >= 15 is 0 Å². The van der Waals surface area contributed by atoms with Crippen LogP contribution in [0.3, 0.4) is 0 Å². The molecule has 0 aromatic carbocycles. The van der Waals surface area contributed by atoms with Crippen LogP contribution in [-0.4, -0.2) is 35.9 Å². The highest BCUT2D eigenvalue weighted by Gasteiger charge is 2.12. The van der Waals surface area contributed by atoms with E-state index in [2.05, 4.69) is 13.2 Å². The Bertz CT molecular complexity index is 138. The SMILES string of the molecule is CCC(=O)N(C)C(C)CCSC. The first-order valence-corrected chi connectivity index (χ1v) is 5.77. The Morgan fingerprint density at radius 1 is 1.58 bits per heavy atom. The van der Waals surface area contributed by atoms with Gasteiger partial charge in [0.25, 0.3) is 0 Å². The molecule has 1 unspecified atom stereocenters. The van der Waals surface area contributed by atoms with Crippen LogP contribution in [0.25, 0.3) is 0 Å². The summed E-state index contributed by atoms with van der Waals surface area (Å²) in [6.45, 7) is 4.00.